The van der Waals surface area contributed by atoms with E-state index in [9.17, 15) is 0 Å². The van der Waals surface area contributed by atoms with Crippen LogP contribution < -0.4 is 0 Å². The minimum absolute atomic E-state index is 0.245. The molecule has 0 aliphatic carbocycles. The summed E-state index contributed by atoms with van der Waals surface area (Å²) in [7, 11) is 4.02. The summed E-state index contributed by atoms with van der Waals surface area (Å²) in [5.41, 5.74) is 0. The predicted molar refractivity (Wildman–Crippen MR) is 36.7 cm³/mol. The van der Waals surface area contributed by atoms with E-state index in [1.807, 2.05) is 14.1 Å². The van der Waals surface area contributed by atoms with Crippen molar-refractivity contribution in [1.82, 2.24) is 4.90 Å². The van der Waals surface area contributed by atoms with Gasteiger partial charge in [0.2, 0.25) is 0 Å². The molecule has 2 heteroatoms. The van der Waals surface area contributed by atoms with Gasteiger partial charge in [0.25, 0.3) is 0 Å². The smallest absolute Gasteiger partial charge is 0.0144 e. The molecule has 0 aromatic rings. The van der Waals surface area contributed by atoms with Crippen LogP contribution in [0.2, 0.25) is 0 Å². The lowest BCUT2D eigenvalue weighted by atomic mass is 10.4. The molecular weight excluding hydrogens is 106 g/mol. The van der Waals surface area contributed by atoms with Crippen LogP contribution >= 0.6 is 12.6 Å². The Morgan fingerprint density at radius 3 is 2.14 bits per heavy atom. The van der Waals surface area contributed by atoms with Crippen LogP contribution in [-0.2, 0) is 0 Å². The molecule has 7 heavy (non-hydrogen) atoms. The van der Waals surface area contributed by atoms with Crippen molar-refractivity contribution in [2.24, 2.45) is 0 Å². The van der Waals surface area contributed by atoms with Crippen molar-refractivity contribution in [3.63, 3.8) is 0 Å². The molecule has 1 atom stereocenters. The Morgan fingerprint density at radius 1 is 1.71 bits per heavy atom. The van der Waals surface area contributed by atoms with E-state index in [4.69, 9.17) is 0 Å². The van der Waals surface area contributed by atoms with E-state index >= 15 is 0 Å². The highest BCUT2D eigenvalue weighted by atomic mass is 32.1. The third-order valence-electron chi connectivity index (χ3n) is 0.576. The van der Waals surface area contributed by atoms with Crippen LogP contribution in [0.3, 0.4) is 0 Å². The minimum Gasteiger partial charge on any atom is -0.308 e. The lowest BCUT2D eigenvalue weighted by molar-refractivity contribution is 0.421. The fourth-order valence-electron chi connectivity index (χ4n) is 0.421. The van der Waals surface area contributed by atoms with Gasteiger partial charge in [-0.15, -0.1) is 0 Å². The second-order valence-corrected chi connectivity index (χ2v) is 2.65. The predicted octanol–water partition coefficient (Wildman–Crippen LogP) is 0.680. The first kappa shape index (κ1) is 7.31. The van der Waals surface area contributed by atoms with Crippen LogP contribution in [0.15, 0.2) is 0 Å². The summed E-state index contributed by atoms with van der Waals surface area (Å²) in [6, 6.07) is 0. The van der Waals surface area contributed by atoms with Gasteiger partial charge in [0, 0.05) is 11.8 Å². The highest BCUT2D eigenvalue weighted by Crippen LogP contribution is 1.90. The lowest BCUT2D eigenvalue weighted by Crippen LogP contribution is -2.19. The molecule has 1 radical (unpaired) electrons. The molecular formula is C5H12NS. The normalized spacial score (nSPS) is 15.0. The van der Waals surface area contributed by atoms with E-state index in [0.29, 0.717) is 0 Å². The largest absolute Gasteiger partial charge is 0.308 e. The minimum atomic E-state index is 0.245. The van der Waals surface area contributed by atoms with Crippen molar-refractivity contribution in [3.8, 4) is 0 Å². The van der Waals surface area contributed by atoms with Crippen molar-refractivity contribution >= 4 is 12.6 Å². The Balaban J connectivity index is 2.95. The zero-order valence-corrected chi connectivity index (χ0v) is 5.78. The highest BCUT2D eigenvalue weighted by Gasteiger charge is 1.93. The van der Waals surface area contributed by atoms with Crippen LogP contribution in [0.1, 0.15) is 0 Å². The van der Waals surface area contributed by atoms with E-state index in [1.54, 1.807) is 0 Å². The maximum Gasteiger partial charge on any atom is 0.0144 e. The Kier molecular flexibility index (Phi) is 3.48. The van der Waals surface area contributed by atoms with Crippen molar-refractivity contribution in [1.29, 1.82) is 0 Å². The van der Waals surface area contributed by atoms with E-state index in [2.05, 4.69) is 24.5 Å². The SMILES string of the molecule is [CH2]C(S)CN(C)C. The molecule has 0 heterocycles. The molecule has 0 N–H and O–H groups in total. The van der Waals surface area contributed by atoms with E-state index in [-0.39, 0.29) is 5.25 Å². The number of nitrogens with zero attached hydrogens (tertiary/aromatic N) is 1. The third-order valence-corrected chi connectivity index (χ3v) is 0.739. The Hall–Kier alpha value is 0.310. The molecule has 0 spiro atoms. The maximum atomic E-state index is 4.08. The first-order valence-electron chi connectivity index (χ1n) is 2.29. The van der Waals surface area contributed by atoms with Gasteiger partial charge in [-0.2, -0.15) is 12.6 Å². The Labute approximate surface area is 51.1 Å². The van der Waals surface area contributed by atoms with Gasteiger partial charge in [-0.25, -0.2) is 0 Å². The average molecular weight is 118 g/mol. The van der Waals surface area contributed by atoms with E-state index < -0.39 is 0 Å². The quantitative estimate of drug-likeness (QED) is 0.522. The van der Waals surface area contributed by atoms with Crippen LogP contribution in [-0.4, -0.2) is 30.8 Å². The average Bonchev–Trinajstić information content (AvgIpc) is 1.27. The van der Waals surface area contributed by atoms with E-state index in [1.165, 1.54) is 0 Å². The second kappa shape index (κ2) is 3.33. The topological polar surface area (TPSA) is 3.24 Å². The summed E-state index contributed by atoms with van der Waals surface area (Å²) < 4.78 is 0. The van der Waals surface area contributed by atoms with Gasteiger partial charge in [0.1, 0.15) is 0 Å². The lowest BCUT2D eigenvalue weighted by Gasteiger charge is -2.10. The molecule has 1 unspecified atom stereocenters. The molecule has 1 nitrogen and oxygen atoms in total. The molecule has 0 amide bonds. The number of rotatable bonds is 2. The molecule has 0 aliphatic rings. The maximum absolute atomic E-state index is 4.08. The molecule has 0 aliphatic heterocycles. The summed E-state index contributed by atoms with van der Waals surface area (Å²) in [6.07, 6.45) is 0. The highest BCUT2D eigenvalue weighted by molar-refractivity contribution is 7.81. The van der Waals surface area contributed by atoms with Gasteiger partial charge < -0.3 is 4.90 Å². The van der Waals surface area contributed by atoms with Crippen LogP contribution in [0, 0.1) is 6.92 Å². The molecule has 43 valence electrons. The Bertz CT molecular complexity index is 37.3. The van der Waals surface area contributed by atoms with Crippen molar-refractivity contribution < 1.29 is 0 Å². The molecule has 0 saturated heterocycles. The van der Waals surface area contributed by atoms with E-state index in [0.717, 1.165) is 6.54 Å². The molecule has 0 rings (SSSR count). The zero-order valence-electron chi connectivity index (χ0n) is 4.89. The third kappa shape index (κ3) is 6.31. The molecule has 0 aromatic carbocycles. The van der Waals surface area contributed by atoms with Gasteiger partial charge in [-0.1, -0.05) is 0 Å². The van der Waals surface area contributed by atoms with Gasteiger partial charge in [-0.05, 0) is 21.0 Å². The standard InChI is InChI=1S/C5H12NS/c1-5(7)4-6(2)3/h5,7H,1,4H2,2-3H3. The molecule has 0 bridgehead atoms. The Morgan fingerprint density at radius 2 is 2.14 bits per heavy atom. The number of hydrogen-bond donors (Lipinski definition) is 1. The van der Waals surface area contributed by atoms with Crippen LogP contribution in [0.5, 0.6) is 0 Å². The summed E-state index contributed by atoms with van der Waals surface area (Å²) in [6.45, 7) is 4.65. The van der Waals surface area contributed by atoms with Crippen molar-refractivity contribution in [2.75, 3.05) is 20.6 Å². The zero-order chi connectivity index (χ0) is 5.86. The summed E-state index contributed by atoms with van der Waals surface area (Å²) >= 11 is 4.08. The monoisotopic (exact) mass is 118 g/mol. The molecule has 0 fully saturated rings. The fourth-order valence-corrected chi connectivity index (χ4v) is 0.748. The van der Waals surface area contributed by atoms with Crippen molar-refractivity contribution in [3.05, 3.63) is 6.92 Å². The second-order valence-electron chi connectivity index (χ2n) is 1.92. The van der Waals surface area contributed by atoms with Gasteiger partial charge in [-0.3, -0.25) is 0 Å². The summed E-state index contributed by atoms with van der Waals surface area (Å²) in [5.74, 6) is 0. The van der Waals surface area contributed by atoms with Crippen LogP contribution in [0.4, 0.5) is 0 Å². The van der Waals surface area contributed by atoms with Gasteiger partial charge in [0.05, 0.1) is 0 Å². The fraction of sp³-hybridized carbons (Fsp3) is 0.800. The van der Waals surface area contributed by atoms with Crippen LogP contribution in [0.25, 0.3) is 0 Å². The van der Waals surface area contributed by atoms with Gasteiger partial charge in [0.15, 0.2) is 0 Å². The number of thiol groups is 1. The summed E-state index contributed by atoms with van der Waals surface area (Å²) in [5, 5.41) is 0.245. The molecule has 0 aromatic heterocycles. The van der Waals surface area contributed by atoms with Gasteiger partial charge >= 0.3 is 0 Å². The molecule has 0 saturated carbocycles. The van der Waals surface area contributed by atoms with Crippen molar-refractivity contribution in [2.45, 2.75) is 5.25 Å². The first-order chi connectivity index (χ1) is 3.13. The number of hydrogen-bond acceptors (Lipinski definition) is 2. The summed E-state index contributed by atoms with van der Waals surface area (Å²) in [4.78, 5) is 2.06. The first-order valence-corrected chi connectivity index (χ1v) is 2.80.